The Morgan fingerprint density at radius 1 is 1.36 bits per heavy atom. The van der Waals surface area contributed by atoms with Crippen LogP contribution >= 0.6 is 15.9 Å². The number of hydrogen-bond acceptors (Lipinski definition) is 5. The lowest BCUT2D eigenvalue weighted by atomic mass is 9.70. The van der Waals surface area contributed by atoms with Gasteiger partial charge in [0.25, 0.3) is 5.91 Å². The molecule has 2 amide bonds. The van der Waals surface area contributed by atoms with E-state index in [1.165, 1.54) is 4.90 Å². The van der Waals surface area contributed by atoms with Crippen molar-refractivity contribution < 1.29 is 29.3 Å². The number of rotatable bonds is 9. The molecule has 0 aromatic heterocycles. The van der Waals surface area contributed by atoms with Gasteiger partial charge in [-0.15, -0.1) is 6.58 Å². The third kappa shape index (κ3) is 3.82. The molecule has 1 aromatic rings. The number of carboxylic acids is 1. The van der Waals surface area contributed by atoms with Crippen molar-refractivity contribution in [2.75, 3.05) is 18.1 Å². The van der Waals surface area contributed by atoms with Gasteiger partial charge in [-0.1, -0.05) is 60.5 Å². The number of carbonyl (C=O) groups excluding carboxylic acids is 2. The largest absolute Gasteiger partial charge is 0.481 e. The summed E-state index contributed by atoms with van der Waals surface area (Å²) in [5, 5.41) is 20.5. The van der Waals surface area contributed by atoms with E-state index < -0.39 is 47.5 Å². The predicted octanol–water partition coefficient (Wildman–Crippen LogP) is 3.06. The van der Waals surface area contributed by atoms with Crippen LogP contribution in [0.5, 0.6) is 0 Å². The fourth-order valence-electron chi connectivity index (χ4n) is 6.60. The van der Waals surface area contributed by atoms with Crippen LogP contribution in [0.25, 0.3) is 0 Å². The molecule has 3 saturated heterocycles. The average molecular weight is 563 g/mol. The van der Waals surface area contributed by atoms with Gasteiger partial charge in [-0.3, -0.25) is 14.4 Å². The molecule has 1 unspecified atom stereocenters. The number of anilines is 1. The third-order valence-electron chi connectivity index (χ3n) is 8.38. The lowest BCUT2D eigenvalue weighted by Crippen LogP contribution is -2.60. The SMILES string of the molecule is C=CCN(C(=O)[C@@H]1N([C@@H](CO)[C@@H](C)CC)C(=O)[C@H]2[C@H](C(=O)O)[C@H]3O[C@@]12CC3Br)c1c(C)cccc1C. The Labute approximate surface area is 220 Å². The van der Waals surface area contributed by atoms with Crippen molar-refractivity contribution >= 4 is 39.4 Å². The van der Waals surface area contributed by atoms with Crippen molar-refractivity contribution in [3.05, 3.63) is 42.0 Å². The smallest absolute Gasteiger partial charge is 0.310 e. The molecule has 1 aromatic carbocycles. The number of likely N-dealkylation sites (tertiary alicyclic amines) is 1. The number of hydrogen-bond donors (Lipinski definition) is 2. The first-order valence-electron chi connectivity index (χ1n) is 12.5. The van der Waals surface area contributed by atoms with Crippen molar-refractivity contribution in [2.24, 2.45) is 17.8 Å². The maximum Gasteiger partial charge on any atom is 0.310 e. The molecule has 0 radical (unpaired) electrons. The Hall–Kier alpha value is -2.23. The molecule has 2 N–H and O–H groups in total. The predicted molar refractivity (Wildman–Crippen MR) is 139 cm³/mol. The van der Waals surface area contributed by atoms with Gasteiger partial charge in [-0.05, 0) is 37.3 Å². The standard InChI is InChI=1S/C27H35BrN2O6/c1-6-11-29(21-15(4)9-8-10-16(21)5)25(33)23-27-12-17(28)22(36-27)19(26(34)35)20(27)24(32)30(23)18(13-31)14(3)7-2/h6,8-10,14,17-20,22-23,31H,1,7,11-13H2,2-5H3,(H,34,35)/t14-,17?,18-,19-,20+,22-,23-,27+/m0/s1. The second-order valence-corrected chi connectivity index (χ2v) is 11.5. The zero-order valence-corrected chi connectivity index (χ0v) is 22.8. The molecule has 9 heteroatoms. The van der Waals surface area contributed by atoms with Gasteiger partial charge in [-0.2, -0.15) is 0 Å². The molecular weight excluding hydrogens is 528 g/mol. The molecule has 196 valence electrons. The highest BCUT2D eigenvalue weighted by Gasteiger charge is 2.77. The molecule has 1 spiro atoms. The van der Waals surface area contributed by atoms with Crippen molar-refractivity contribution in [2.45, 2.75) is 69.2 Å². The summed E-state index contributed by atoms with van der Waals surface area (Å²) in [6, 6.07) is 4.05. The van der Waals surface area contributed by atoms with E-state index in [4.69, 9.17) is 4.74 Å². The van der Waals surface area contributed by atoms with E-state index in [0.717, 1.165) is 16.8 Å². The minimum atomic E-state index is -1.30. The van der Waals surface area contributed by atoms with E-state index in [-0.39, 0.29) is 29.8 Å². The highest BCUT2D eigenvalue weighted by atomic mass is 79.9. The van der Waals surface area contributed by atoms with Crippen LogP contribution in [0.2, 0.25) is 0 Å². The number of nitrogens with zero attached hydrogens (tertiary/aromatic N) is 2. The zero-order chi connectivity index (χ0) is 26.5. The topological polar surface area (TPSA) is 107 Å². The Kier molecular flexibility index (Phi) is 7.38. The number of aliphatic carboxylic acids is 1. The van der Waals surface area contributed by atoms with Gasteiger partial charge >= 0.3 is 5.97 Å². The number of carboxylic acid groups (broad SMARTS) is 1. The maximum absolute atomic E-state index is 14.6. The van der Waals surface area contributed by atoms with E-state index in [2.05, 4.69) is 22.5 Å². The molecule has 8 nitrogen and oxygen atoms in total. The number of benzene rings is 1. The molecule has 8 atom stereocenters. The molecule has 0 saturated carbocycles. The third-order valence-corrected chi connectivity index (χ3v) is 9.22. The normalized spacial score (nSPS) is 32.3. The number of ether oxygens (including phenoxy) is 1. The van der Waals surface area contributed by atoms with E-state index in [0.29, 0.717) is 12.8 Å². The van der Waals surface area contributed by atoms with Crippen LogP contribution in [0.15, 0.2) is 30.9 Å². The number of aryl methyl sites for hydroxylation is 2. The number of fused-ring (bicyclic) bond motifs is 1. The first kappa shape index (κ1) is 26.8. The lowest BCUT2D eigenvalue weighted by Gasteiger charge is -2.41. The number of carbonyl (C=O) groups is 3. The van der Waals surface area contributed by atoms with Gasteiger partial charge in [0.1, 0.15) is 11.6 Å². The van der Waals surface area contributed by atoms with Crippen LogP contribution in [0.3, 0.4) is 0 Å². The number of aliphatic hydroxyl groups is 1. The number of amides is 2. The highest BCUT2D eigenvalue weighted by Crippen LogP contribution is 2.60. The molecule has 3 aliphatic rings. The Morgan fingerprint density at radius 3 is 2.53 bits per heavy atom. The van der Waals surface area contributed by atoms with Crippen molar-refractivity contribution in [3.63, 3.8) is 0 Å². The Bertz CT molecular complexity index is 1060. The lowest BCUT2D eigenvalue weighted by molar-refractivity contribution is -0.151. The average Bonchev–Trinajstić information content (AvgIpc) is 3.42. The number of halogens is 1. The van der Waals surface area contributed by atoms with Gasteiger partial charge in [0.15, 0.2) is 0 Å². The monoisotopic (exact) mass is 562 g/mol. The fraction of sp³-hybridized carbons (Fsp3) is 0.593. The minimum absolute atomic E-state index is 0.113. The molecule has 3 heterocycles. The van der Waals surface area contributed by atoms with Crippen LogP contribution in [0.1, 0.15) is 37.8 Å². The second kappa shape index (κ2) is 9.91. The molecule has 36 heavy (non-hydrogen) atoms. The Balaban J connectivity index is 1.91. The van der Waals surface area contributed by atoms with E-state index in [1.54, 1.807) is 11.0 Å². The Morgan fingerprint density at radius 2 is 2.00 bits per heavy atom. The van der Waals surface area contributed by atoms with E-state index >= 15 is 0 Å². The van der Waals surface area contributed by atoms with Gasteiger partial charge in [0, 0.05) is 17.1 Å². The number of alkyl halides is 1. The minimum Gasteiger partial charge on any atom is -0.481 e. The fourth-order valence-corrected chi connectivity index (χ4v) is 7.54. The first-order chi connectivity index (χ1) is 17.0. The highest BCUT2D eigenvalue weighted by molar-refractivity contribution is 9.09. The summed E-state index contributed by atoms with van der Waals surface area (Å²) in [6.07, 6.45) is 1.93. The van der Waals surface area contributed by atoms with Crippen LogP contribution < -0.4 is 4.90 Å². The molecule has 2 bridgehead atoms. The summed E-state index contributed by atoms with van der Waals surface area (Å²) < 4.78 is 6.39. The first-order valence-corrected chi connectivity index (χ1v) is 13.4. The van der Waals surface area contributed by atoms with Crippen molar-refractivity contribution in [1.29, 1.82) is 0 Å². The molecular formula is C27H35BrN2O6. The van der Waals surface area contributed by atoms with Gasteiger partial charge < -0.3 is 24.7 Å². The van der Waals surface area contributed by atoms with Crippen molar-refractivity contribution in [1.82, 2.24) is 4.90 Å². The summed E-state index contributed by atoms with van der Waals surface area (Å²) in [5.74, 6) is -4.07. The van der Waals surface area contributed by atoms with Crippen LogP contribution in [0.4, 0.5) is 5.69 Å². The van der Waals surface area contributed by atoms with Crippen LogP contribution in [0, 0.1) is 31.6 Å². The van der Waals surface area contributed by atoms with E-state index in [9.17, 15) is 24.6 Å². The summed E-state index contributed by atoms with van der Waals surface area (Å²) >= 11 is 3.58. The number of aliphatic hydroxyl groups excluding tert-OH is 1. The molecule has 3 fully saturated rings. The van der Waals surface area contributed by atoms with Gasteiger partial charge in [0.2, 0.25) is 5.91 Å². The summed E-state index contributed by atoms with van der Waals surface area (Å²) in [5.41, 5.74) is 1.23. The van der Waals surface area contributed by atoms with Gasteiger partial charge in [0.05, 0.1) is 30.6 Å². The van der Waals surface area contributed by atoms with Crippen molar-refractivity contribution in [3.8, 4) is 0 Å². The summed E-state index contributed by atoms with van der Waals surface area (Å²) in [4.78, 5) is 43.8. The quantitative estimate of drug-likeness (QED) is 0.354. The molecule has 3 aliphatic heterocycles. The zero-order valence-electron chi connectivity index (χ0n) is 21.2. The van der Waals surface area contributed by atoms with Gasteiger partial charge in [-0.25, -0.2) is 0 Å². The molecule has 0 aliphatic carbocycles. The molecule has 4 rings (SSSR count). The summed E-state index contributed by atoms with van der Waals surface area (Å²) in [6.45, 7) is 11.5. The summed E-state index contributed by atoms with van der Waals surface area (Å²) in [7, 11) is 0. The van der Waals surface area contributed by atoms with E-state index in [1.807, 2.05) is 45.9 Å². The number of para-hydroxylation sites is 1. The second-order valence-electron chi connectivity index (χ2n) is 10.4. The van der Waals surface area contributed by atoms with Crippen LogP contribution in [-0.4, -0.2) is 74.7 Å². The van der Waals surface area contributed by atoms with Crippen LogP contribution in [-0.2, 0) is 19.1 Å². The maximum atomic E-state index is 14.6.